The van der Waals surface area contributed by atoms with Crippen molar-refractivity contribution in [3.63, 3.8) is 0 Å². The average molecular weight is 446 g/mol. The third-order valence-corrected chi connectivity index (χ3v) is 9.03. The van der Waals surface area contributed by atoms with Crippen LogP contribution in [0, 0.1) is 11.8 Å². The molecule has 0 radical (unpaired) electrons. The van der Waals surface area contributed by atoms with E-state index in [-0.39, 0.29) is 27.8 Å². The zero-order valence-corrected chi connectivity index (χ0v) is 19.2. The summed E-state index contributed by atoms with van der Waals surface area (Å²) in [6, 6.07) is 4.65. The van der Waals surface area contributed by atoms with Crippen molar-refractivity contribution in [1.82, 2.24) is 14.2 Å². The number of amides is 1. The number of sulfonamides is 1. The Labute approximate surface area is 183 Å². The Morgan fingerprint density at radius 3 is 2.52 bits per heavy atom. The lowest BCUT2D eigenvalue weighted by atomic mass is 9.78. The number of pyridine rings is 1. The zero-order chi connectivity index (χ0) is 22.3. The van der Waals surface area contributed by atoms with Crippen LogP contribution in [0.15, 0.2) is 34.1 Å². The van der Waals surface area contributed by atoms with Crippen LogP contribution in [0.2, 0.25) is 0 Å². The van der Waals surface area contributed by atoms with E-state index >= 15 is 0 Å². The van der Waals surface area contributed by atoms with Crippen molar-refractivity contribution in [2.45, 2.75) is 56.9 Å². The van der Waals surface area contributed by atoms with Crippen molar-refractivity contribution >= 4 is 26.8 Å². The highest BCUT2D eigenvalue weighted by molar-refractivity contribution is 7.89. The summed E-state index contributed by atoms with van der Waals surface area (Å²) < 4.78 is 29.1. The molecule has 1 saturated heterocycles. The van der Waals surface area contributed by atoms with Crippen molar-refractivity contribution in [3.8, 4) is 0 Å². The predicted molar refractivity (Wildman–Crippen MR) is 121 cm³/mol. The maximum Gasteiger partial charge on any atom is 0.256 e. The molecule has 1 aliphatic carbocycles. The molecule has 1 N–H and O–H groups in total. The number of hydrogen-bond donors (Lipinski definition) is 1. The van der Waals surface area contributed by atoms with Crippen molar-refractivity contribution in [2.75, 3.05) is 13.1 Å². The van der Waals surface area contributed by atoms with Gasteiger partial charge in [-0.25, -0.2) is 8.42 Å². The number of fused-ring (bicyclic) bond motifs is 1. The molecule has 1 aliphatic heterocycles. The molecular weight excluding hydrogens is 414 g/mol. The third-order valence-electron chi connectivity index (χ3n) is 7.13. The first-order chi connectivity index (χ1) is 14.7. The second kappa shape index (κ2) is 8.39. The Morgan fingerprint density at radius 1 is 1.10 bits per heavy atom. The number of aryl methyl sites for hydroxylation is 1. The molecule has 2 aromatic rings. The van der Waals surface area contributed by atoms with Gasteiger partial charge in [0.05, 0.1) is 10.4 Å². The summed E-state index contributed by atoms with van der Waals surface area (Å²) in [5.74, 6) is 0.484. The lowest BCUT2D eigenvalue weighted by Crippen LogP contribution is -2.45. The fourth-order valence-electron chi connectivity index (χ4n) is 4.90. The summed E-state index contributed by atoms with van der Waals surface area (Å²) in [5, 5.41) is 3.31. The summed E-state index contributed by atoms with van der Waals surface area (Å²) in [4.78, 5) is 26.4. The molecule has 2 heterocycles. The van der Waals surface area contributed by atoms with Crippen LogP contribution in [0.3, 0.4) is 0 Å². The highest BCUT2D eigenvalue weighted by Crippen LogP contribution is 2.29. The summed E-state index contributed by atoms with van der Waals surface area (Å²) >= 11 is 0. The Kier molecular flexibility index (Phi) is 5.96. The summed E-state index contributed by atoms with van der Waals surface area (Å²) in [6.45, 7) is 5.33. The maximum atomic E-state index is 13.2. The molecule has 168 valence electrons. The fourth-order valence-corrected chi connectivity index (χ4v) is 6.45. The first kappa shape index (κ1) is 22.0. The molecule has 0 unspecified atom stereocenters. The largest absolute Gasteiger partial charge is 0.350 e. The van der Waals surface area contributed by atoms with Gasteiger partial charge in [-0.05, 0) is 49.3 Å². The number of rotatable bonds is 4. The van der Waals surface area contributed by atoms with Crippen LogP contribution in [-0.2, 0) is 17.1 Å². The topological polar surface area (TPSA) is 88.5 Å². The van der Waals surface area contributed by atoms with E-state index in [9.17, 15) is 18.0 Å². The number of carbonyl (C=O) groups is 1. The van der Waals surface area contributed by atoms with Gasteiger partial charge in [0.2, 0.25) is 15.5 Å². The maximum absolute atomic E-state index is 13.2. The number of hydrogen-bond acceptors (Lipinski definition) is 4. The number of benzene rings is 1. The van der Waals surface area contributed by atoms with Crippen LogP contribution in [0.4, 0.5) is 0 Å². The molecule has 3 atom stereocenters. The van der Waals surface area contributed by atoms with Gasteiger partial charge in [-0.15, -0.1) is 0 Å². The molecule has 4 rings (SSSR count). The van der Waals surface area contributed by atoms with Crippen molar-refractivity contribution in [1.29, 1.82) is 0 Å². The number of carbonyl (C=O) groups excluding carboxylic acids is 1. The molecule has 2 fully saturated rings. The summed E-state index contributed by atoms with van der Waals surface area (Å²) in [7, 11) is -1.88. The van der Waals surface area contributed by atoms with E-state index in [0.29, 0.717) is 30.4 Å². The number of aromatic nitrogens is 1. The molecule has 7 nitrogen and oxygen atoms in total. The van der Waals surface area contributed by atoms with Crippen LogP contribution in [0.5, 0.6) is 0 Å². The van der Waals surface area contributed by atoms with Crippen LogP contribution in [0.25, 0.3) is 10.9 Å². The van der Waals surface area contributed by atoms with Gasteiger partial charge in [-0.2, -0.15) is 4.31 Å². The third kappa shape index (κ3) is 4.03. The standard InChI is InChI=1S/C23H31N3O4S/c1-15-7-6-8-20(16(15)2)24-23(28)19-14-25(3)21-10-9-17(13-18(21)22(19)27)31(29,30)26-11-4-5-12-26/h9-10,13-16,20H,4-8,11-12H2,1-3H3,(H,24,28)/t15-,16-,20-/m1/s1. The Hall–Kier alpha value is -2.19. The molecule has 0 spiro atoms. The van der Waals surface area contributed by atoms with Gasteiger partial charge in [0.15, 0.2) is 0 Å². The minimum absolute atomic E-state index is 0.0403. The van der Waals surface area contributed by atoms with Crippen LogP contribution < -0.4 is 10.7 Å². The molecule has 1 saturated carbocycles. The van der Waals surface area contributed by atoms with Crippen LogP contribution >= 0.6 is 0 Å². The molecule has 1 aromatic carbocycles. The van der Waals surface area contributed by atoms with Gasteiger partial charge in [0.1, 0.15) is 5.56 Å². The van der Waals surface area contributed by atoms with Gasteiger partial charge in [0.25, 0.3) is 5.91 Å². The molecule has 0 bridgehead atoms. The smallest absolute Gasteiger partial charge is 0.256 e. The monoisotopic (exact) mass is 445 g/mol. The van der Waals surface area contributed by atoms with E-state index in [1.54, 1.807) is 29.9 Å². The number of nitrogens with zero attached hydrogens (tertiary/aromatic N) is 2. The zero-order valence-electron chi connectivity index (χ0n) is 18.4. The van der Waals surface area contributed by atoms with Crippen molar-refractivity contribution in [2.24, 2.45) is 18.9 Å². The van der Waals surface area contributed by atoms with Crippen LogP contribution in [0.1, 0.15) is 56.3 Å². The minimum atomic E-state index is -3.64. The van der Waals surface area contributed by atoms with E-state index in [4.69, 9.17) is 0 Å². The molecule has 2 aliphatic rings. The molecule has 1 aromatic heterocycles. The Balaban J connectivity index is 1.71. The summed E-state index contributed by atoms with van der Waals surface area (Å²) in [6.07, 6.45) is 6.35. The molecule has 1 amide bonds. The number of nitrogens with one attached hydrogen (secondary N) is 1. The SMILES string of the molecule is C[C@@H]1[C@H](C)CCC[C@H]1NC(=O)c1cn(C)c2ccc(S(=O)(=O)N3CCCC3)cc2c1=O. The van der Waals surface area contributed by atoms with E-state index in [0.717, 1.165) is 32.1 Å². The lowest BCUT2D eigenvalue weighted by molar-refractivity contribution is 0.0889. The van der Waals surface area contributed by atoms with Gasteiger partial charge in [-0.1, -0.05) is 26.7 Å². The second-order valence-corrected chi connectivity index (χ2v) is 11.1. The van der Waals surface area contributed by atoms with E-state index in [2.05, 4.69) is 19.2 Å². The Morgan fingerprint density at radius 2 is 1.81 bits per heavy atom. The molecular formula is C23H31N3O4S. The van der Waals surface area contributed by atoms with Gasteiger partial charge in [-0.3, -0.25) is 9.59 Å². The van der Waals surface area contributed by atoms with E-state index in [1.165, 1.54) is 10.4 Å². The van der Waals surface area contributed by atoms with Gasteiger partial charge >= 0.3 is 0 Å². The van der Waals surface area contributed by atoms with Crippen LogP contribution in [-0.4, -0.2) is 42.3 Å². The quantitative estimate of drug-likeness (QED) is 0.784. The fraction of sp³-hybridized carbons (Fsp3) is 0.565. The van der Waals surface area contributed by atoms with E-state index in [1.807, 2.05) is 0 Å². The van der Waals surface area contributed by atoms with Gasteiger partial charge in [0, 0.05) is 37.8 Å². The van der Waals surface area contributed by atoms with E-state index < -0.39 is 15.5 Å². The highest BCUT2D eigenvalue weighted by atomic mass is 32.2. The lowest BCUT2D eigenvalue weighted by Gasteiger charge is -2.34. The minimum Gasteiger partial charge on any atom is -0.350 e. The molecule has 8 heteroatoms. The normalized spacial score (nSPS) is 25.1. The van der Waals surface area contributed by atoms with Crippen molar-refractivity contribution < 1.29 is 13.2 Å². The predicted octanol–water partition coefficient (Wildman–Crippen LogP) is 2.88. The first-order valence-corrected chi connectivity index (χ1v) is 12.6. The average Bonchev–Trinajstić information content (AvgIpc) is 3.29. The Bertz CT molecular complexity index is 1170. The van der Waals surface area contributed by atoms with Gasteiger partial charge < -0.3 is 9.88 Å². The highest BCUT2D eigenvalue weighted by Gasteiger charge is 2.30. The van der Waals surface area contributed by atoms with Crippen molar-refractivity contribution in [3.05, 3.63) is 40.2 Å². The second-order valence-electron chi connectivity index (χ2n) is 9.12. The summed E-state index contributed by atoms with van der Waals surface area (Å²) in [5.41, 5.74) is 0.221. The molecule has 31 heavy (non-hydrogen) atoms. The first-order valence-electron chi connectivity index (χ1n) is 11.1.